The molecule has 2 rings (SSSR count). The Kier molecular flexibility index (Phi) is 10.7. The Bertz CT molecular complexity index is 1020. The van der Waals surface area contributed by atoms with E-state index in [-0.39, 0.29) is 18.6 Å². The minimum absolute atomic E-state index is 0.118. The number of benzene rings is 2. The topological polar surface area (TPSA) is 118 Å². The van der Waals surface area contributed by atoms with Gasteiger partial charge >= 0.3 is 11.8 Å². The number of anilines is 1. The molecular weight excluding hydrogens is 436 g/mol. The fourth-order valence-electron chi connectivity index (χ4n) is 2.80. The van der Waals surface area contributed by atoms with E-state index < -0.39 is 11.8 Å². The zero-order valence-corrected chi connectivity index (χ0v) is 20.0. The summed E-state index contributed by atoms with van der Waals surface area (Å²) < 4.78 is 11.0. The van der Waals surface area contributed by atoms with Gasteiger partial charge in [0.2, 0.25) is 0 Å². The second-order valence-electron chi connectivity index (χ2n) is 7.92. The van der Waals surface area contributed by atoms with E-state index in [2.05, 4.69) is 21.2 Å². The van der Waals surface area contributed by atoms with Gasteiger partial charge in [-0.25, -0.2) is 5.43 Å². The highest BCUT2D eigenvalue weighted by atomic mass is 16.5. The molecule has 0 heterocycles. The maximum Gasteiger partial charge on any atom is 0.329 e. The Morgan fingerprint density at radius 1 is 1.06 bits per heavy atom. The van der Waals surface area contributed by atoms with Crippen LogP contribution in [0.25, 0.3) is 0 Å². The Balaban J connectivity index is 1.82. The van der Waals surface area contributed by atoms with Gasteiger partial charge in [-0.15, -0.1) is 0 Å². The number of aryl methyl sites for hydroxylation is 2. The lowest BCUT2D eigenvalue weighted by Crippen LogP contribution is -2.38. The molecule has 0 saturated carbocycles. The molecular formula is C25H32N4O5. The number of amides is 3. The van der Waals surface area contributed by atoms with Crippen molar-refractivity contribution < 1.29 is 23.9 Å². The Labute approximate surface area is 199 Å². The molecule has 0 radical (unpaired) electrons. The molecule has 0 saturated heterocycles. The molecule has 0 bridgehead atoms. The Morgan fingerprint density at radius 2 is 1.82 bits per heavy atom. The molecule has 9 heteroatoms. The molecule has 0 spiro atoms. The van der Waals surface area contributed by atoms with Gasteiger partial charge in [-0.2, -0.15) is 5.10 Å². The minimum Gasteiger partial charge on any atom is -0.483 e. The first-order valence-electron chi connectivity index (χ1n) is 11.1. The third-order valence-electron chi connectivity index (χ3n) is 4.58. The molecule has 9 nitrogen and oxygen atoms in total. The van der Waals surface area contributed by atoms with Gasteiger partial charge in [0.05, 0.1) is 12.3 Å². The predicted octanol–water partition coefficient (Wildman–Crippen LogP) is 2.70. The summed E-state index contributed by atoms with van der Waals surface area (Å²) in [5, 5.41) is 9.15. The van der Waals surface area contributed by atoms with E-state index in [9.17, 15) is 14.4 Å². The van der Waals surface area contributed by atoms with Crippen LogP contribution < -0.4 is 20.8 Å². The van der Waals surface area contributed by atoms with Crippen LogP contribution in [0.1, 0.15) is 37.0 Å². The highest BCUT2D eigenvalue weighted by Crippen LogP contribution is 2.18. The second-order valence-corrected chi connectivity index (χ2v) is 7.92. The lowest BCUT2D eigenvalue weighted by atomic mass is 10.1. The first-order chi connectivity index (χ1) is 16.3. The van der Waals surface area contributed by atoms with E-state index in [1.54, 1.807) is 24.3 Å². The summed E-state index contributed by atoms with van der Waals surface area (Å²) in [6.07, 6.45) is 2.06. The first-order valence-corrected chi connectivity index (χ1v) is 11.1. The average molecular weight is 469 g/mol. The van der Waals surface area contributed by atoms with Crippen molar-refractivity contribution >= 4 is 29.6 Å². The van der Waals surface area contributed by atoms with Crippen LogP contribution >= 0.6 is 0 Å². The van der Waals surface area contributed by atoms with Gasteiger partial charge in [0.25, 0.3) is 5.91 Å². The van der Waals surface area contributed by atoms with Crippen LogP contribution in [0.2, 0.25) is 0 Å². The molecule has 0 unspecified atom stereocenters. The fourth-order valence-corrected chi connectivity index (χ4v) is 2.80. The van der Waals surface area contributed by atoms with Gasteiger partial charge in [-0.3, -0.25) is 14.4 Å². The smallest absolute Gasteiger partial charge is 0.329 e. The summed E-state index contributed by atoms with van der Waals surface area (Å²) in [7, 11) is 0. The number of nitrogens with one attached hydrogen (secondary N) is 3. The molecule has 3 N–H and O–H groups in total. The molecule has 0 atom stereocenters. The lowest BCUT2D eigenvalue weighted by molar-refractivity contribution is -0.139. The van der Waals surface area contributed by atoms with Gasteiger partial charge in [0.1, 0.15) is 5.75 Å². The van der Waals surface area contributed by atoms with Crippen LogP contribution in [-0.4, -0.2) is 49.8 Å². The number of hydrazone groups is 1. The molecule has 0 aliphatic carbocycles. The molecule has 0 aliphatic rings. The maximum atomic E-state index is 12.3. The van der Waals surface area contributed by atoms with Gasteiger partial charge in [-0.05, 0) is 63.4 Å². The van der Waals surface area contributed by atoms with Crippen LogP contribution in [0.15, 0.2) is 47.6 Å². The van der Waals surface area contributed by atoms with Crippen LogP contribution in [0.4, 0.5) is 5.69 Å². The third kappa shape index (κ3) is 9.41. The van der Waals surface area contributed by atoms with E-state index in [0.29, 0.717) is 30.9 Å². The van der Waals surface area contributed by atoms with Crippen molar-refractivity contribution in [3.8, 4) is 5.75 Å². The number of hydrogen-bond acceptors (Lipinski definition) is 6. The van der Waals surface area contributed by atoms with Crippen molar-refractivity contribution in [3.63, 3.8) is 0 Å². The van der Waals surface area contributed by atoms with Gasteiger partial charge in [0.15, 0.2) is 6.61 Å². The van der Waals surface area contributed by atoms with Gasteiger partial charge < -0.3 is 20.1 Å². The quantitative estimate of drug-likeness (QED) is 0.203. The molecule has 0 aromatic heterocycles. The van der Waals surface area contributed by atoms with Crippen molar-refractivity contribution in [2.24, 2.45) is 5.10 Å². The van der Waals surface area contributed by atoms with Crippen LogP contribution in [0, 0.1) is 13.8 Å². The van der Waals surface area contributed by atoms with Gasteiger partial charge in [-0.1, -0.05) is 24.3 Å². The van der Waals surface area contributed by atoms with Crippen molar-refractivity contribution in [2.75, 3.05) is 25.1 Å². The molecule has 3 amide bonds. The van der Waals surface area contributed by atoms with Gasteiger partial charge in [0, 0.05) is 24.4 Å². The zero-order chi connectivity index (χ0) is 24.9. The van der Waals surface area contributed by atoms with E-state index >= 15 is 0 Å². The summed E-state index contributed by atoms with van der Waals surface area (Å²) in [6.45, 7) is 8.33. The fraction of sp³-hybridized carbons (Fsp3) is 0.360. The van der Waals surface area contributed by atoms with Crippen molar-refractivity contribution in [1.82, 2.24) is 10.7 Å². The molecule has 2 aromatic carbocycles. The molecule has 34 heavy (non-hydrogen) atoms. The number of para-hydroxylation sites is 1. The summed E-state index contributed by atoms with van der Waals surface area (Å²) in [6, 6.07) is 12.7. The third-order valence-corrected chi connectivity index (χ3v) is 4.58. The SMILES string of the molecule is Cc1ccc(C)c(NC(=O)COc2ccccc2/C=N\NC(=O)C(=O)NCCCOC(C)C)c1. The first kappa shape index (κ1) is 26.5. The number of rotatable bonds is 11. The monoisotopic (exact) mass is 468 g/mol. The zero-order valence-electron chi connectivity index (χ0n) is 20.0. The minimum atomic E-state index is -0.882. The maximum absolute atomic E-state index is 12.3. The van der Waals surface area contributed by atoms with Crippen LogP contribution in [0.3, 0.4) is 0 Å². The summed E-state index contributed by atoms with van der Waals surface area (Å²) in [5.41, 5.74) is 5.44. The second kappa shape index (κ2) is 13.7. The summed E-state index contributed by atoms with van der Waals surface area (Å²) in [4.78, 5) is 36.0. The highest BCUT2D eigenvalue weighted by molar-refractivity contribution is 6.35. The van der Waals surface area contributed by atoms with E-state index in [4.69, 9.17) is 9.47 Å². The van der Waals surface area contributed by atoms with Crippen molar-refractivity contribution in [2.45, 2.75) is 40.2 Å². The number of ether oxygens (including phenoxy) is 2. The molecule has 182 valence electrons. The number of carbonyl (C=O) groups excluding carboxylic acids is 3. The van der Waals surface area contributed by atoms with Crippen LogP contribution in [-0.2, 0) is 19.1 Å². The van der Waals surface area contributed by atoms with Crippen LogP contribution in [0.5, 0.6) is 5.75 Å². The highest BCUT2D eigenvalue weighted by Gasteiger charge is 2.12. The van der Waals surface area contributed by atoms with E-state index in [1.165, 1.54) is 6.21 Å². The van der Waals surface area contributed by atoms with E-state index in [0.717, 1.165) is 16.8 Å². The normalized spacial score (nSPS) is 10.9. The average Bonchev–Trinajstić information content (AvgIpc) is 2.80. The number of nitrogens with zero attached hydrogens (tertiary/aromatic N) is 1. The number of hydrogen-bond donors (Lipinski definition) is 3. The Hall–Kier alpha value is -3.72. The van der Waals surface area contributed by atoms with E-state index in [1.807, 2.05) is 45.9 Å². The predicted molar refractivity (Wildman–Crippen MR) is 131 cm³/mol. The molecule has 0 aliphatic heterocycles. The number of carbonyl (C=O) groups is 3. The molecule has 0 fully saturated rings. The standard InChI is InChI=1S/C25H32N4O5/c1-17(2)33-13-7-12-26-24(31)25(32)29-27-15-20-8-5-6-9-22(20)34-16-23(30)28-21-14-18(3)10-11-19(21)4/h5-6,8-11,14-15,17H,7,12-13,16H2,1-4H3,(H,26,31)(H,28,30)(H,29,32)/b27-15-. The lowest BCUT2D eigenvalue weighted by Gasteiger charge is -2.11. The Morgan fingerprint density at radius 3 is 2.59 bits per heavy atom. The molecule has 2 aromatic rings. The summed E-state index contributed by atoms with van der Waals surface area (Å²) >= 11 is 0. The summed E-state index contributed by atoms with van der Waals surface area (Å²) in [5.74, 6) is -1.56. The largest absolute Gasteiger partial charge is 0.483 e. The van der Waals surface area contributed by atoms with Crippen molar-refractivity contribution in [3.05, 3.63) is 59.2 Å². The van der Waals surface area contributed by atoms with Crippen molar-refractivity contribution in [1.29, 1.82) is 0 Å².